The number of unbranched alkanes of at least 4 members (excludes halogenated alkanes) is 12. The zero-order valence-electron chi connectivity index (χ0n) is 18.3. The number of carboxylic acid groups (broad SMARTS) is 1. The van der Waals surface area contributed by atoms with E-state index in [1.165, 1.54) is 70.6 Å². The molecule has 4 N–H and O–H groups in total. The number of aliphatic hydroxyl groups excluding tert-OH is 3. The van der Waals surface area contributed by atoms with Crippen molar-refractivity contribution in [1.82, 2.24) is 0 Å². The number of hydrogen-bond acceptors (Lipinski definition) is 5. The van der Waals surface area contributed by atoms with Crippen LogP contribution in [-0.2, 0) is 4.79 Å². The molecular weight excluding hydrogens is 358 g/mol. The summed E-state index contributed by atoms with van der Waals surface area (Å²) in [5, 5.41) is 35.7. The van der Waals surface area contributed by atoms with Gasteiger partial charge in [-0.3, -0.25) is 0 Å². The number of aliphatic carboxylic acids is 1. The molecule has 170 valence electrons. The van der Waals surface area contributed by atoms with E-state index < -0.39 is 5.97 Å². The summed E-state index contributed by atoms with van der Waals surface area (Å²) < 4.78 is 0. The molecule has 6 nitrogen and oxygen atoms in total. The van der Waals surface area contributed by atoms with Gasteiger partial charge >= 0.3 is 0 Å². The van der Waals surface area contributed by atoms with Gasteiger partial charge in [-0.15, -0.1) is 0 Å². The van der Waals surface area contributed by atoms with Crippen LogP contribution in [0.5, 0.6) is 0 Å². The van der Waals surface area contributed by atoms with E-state index in [9.17, 15) is 9.90 Å². The molecule has 0 aromatic rings. The average Bonchev–Trinajstić information content (AvgIpc) is 2.66. The first-order valence-corrected chi connectivity index (χ1v) is 11.5. The van der Waals surface area contributed by atoms with Gasteiger partial charge in [0.2, 0.25) is 0 Å². The summed E-state index contributed by atoms with van der Waals surface area (Å²) >= 11 is 0. The maximum atomic E-state index is 10.2. The highest BCUT2D eigenvalue weighted by Gasteiger charge is 2.04. The van der Waals surface area contributed by atoms with E-state index >= 15 is 0 Å². The maximum Gasteiger partial charge on any atom is 0.101 e. The Bertz CT molecular complexity index is 288. The maximum absolute atomic E-state index is 10.2. The molecule has 0 aromatic heterocycles. The molecule has 0 spiro atoms. The Morgan fingerprint density at radius 2 is 0.964 bits per heavy atom. The fraction of sp³-hybridized carbons (Fsp3) is 0.955. The van der Waals surface area contributed by atoms with Crippen LogP contribution in [0.3, 0.4) is 0 Å². The van der Waals surface area contributed by atoms with E-state index in [0.717, 1.165) is 17.7 Å². The fourth-order valence-electron chi connectivity index (χ4n) is 3.14. The molecule has 0 aliphatic rings. The van der Waals surface area contributed by atoms with Gasteiger partial charge in [0.05, 0.1) is 19.8 Å². The lowest BCUT2D eigenvalue weighted by Crippen LogP contribution is -3.13. The van der Waals surface area contributed by atoms with E-state index in [-0.39, 0.29) is 26.2 Å². The van der Waals surface area contributed by atoms with Crippen LogP contribution >= 0.6 is 0 Å². The molecule has 28 heavy (non-hydrogen) atoms. The Morgan fingerprint density at radius 3 is 1.25 bits per heavy atom. The minimum absolute atomic E-state index is 0.106. The van der Waals surface area contributed by atoms with Gasteiger partial charge in [0, 0.05) is 5.97 Å². The second-order valence-corrected chi connectivity index (χ2v) is 7.54. The summed E-state index contributed by atoms with van der Waals surface area (Å²) in [6.45, 7) is 4.37. The van der Waals surface area contributed by atoms with Crippen molar-refractivity contribution >= 4 is 5.97 Å². The number of nitrogens with one attached hydrogen (secondary N) is 1. The molecule has 0 fully saturated rings. The van der Waals surface area contributed by atoms with Crippen molar-refractivity contribution < 1.29 is 30.1 Å². The number of rotatable bonds is 20. The van der Waals surface area contributed by atoms with Crippen molar-refractivity contribution in [2.75, 3.05) is 39.5 Å². The zero-order chi connectivity index (χ0) is 21.3. The highest BCUT2D eigenvalue weighted by molar-refractivity contribution is 5.63. The highest BCUT2D eigenvalue weighted by atomic mass is 16.4. The standard InChI is InChI=1S/C16H32O2.C6H15NO3/c1-2-3-4-5-6-7-8-9-10-11-12-13-14-15-16(17)18;8-4-1-7(2-5-9)3-6-10/h2-15H2,1H3,(H,17,18);8-10H,1-6H2. The molecule has 6 heteroatoms. The first kappa shape index (κ1) is 29.5. The average molecular weight is 406 g/mol. The normalized spacial score (nSPS) is 10.8. The highest BCUT2D eigenvalue weighted by Crippen LogP contribution is 2.12. The van der Waals surface area contributed by atoms with Gasteiger partial charge in [-0.1, -0.05) is 84.0 Å². The summed E-state index contributed by atoms with van der Waals surface area (Å²) in [6, 6.07) is 0. The predicted octanol–water partition coefficient (Wildman–Crippen LogP) is 1.07. The summed E-state index contributed by atoms with van der Waals surface area (Å²) in [6.07, 6.45) is 16.9. The van der Waals surface area contributed by atoms with Crippen molar-refractivity contribution in [2.24, 2.45) is 0 Å². The van der Waals surface area contributed by atoms with Gasteiger partial charge in [0.1, 0.15) is 19.6 Å². The van der Waals surface area contributed by atoms with Crippen LogP contribution in [0.2, 0.25) is 0 Å². The van der Waals surface area contributed by atoms with Gasteiger partial charge < -0.3 is 30.1 Å². The minimum Gasteiger partial charge on any atom is -0.550 e. The summed E-state index contributed by atoms with van der Waals surface area (Å²) in [5.74, 6) is -0.905. The van der Waals surface area contributed by atoms with E-state index in [1.54, 1.807) is 0 Å². The van der Waals surface area contributed by atoms with Crippen molar-refractivity contribution in [3.63, 3.8) is 0 Å². The number of aliphatic hydroxyl groups is 3. The monoisotopic (exact) mass is 405 g/mol. The van der Waals surface area contributed by atoms with E-state index in [4.69, 9.17) is 15.3 Å². The Balaban J connectivity index is 0. The second kappa shape index (κ2) is 26.3. The van der Waals surface area contributed by atoms with Gasteiger partial charge in [0.15, 0.2) is 0 Å². The van der Waals surface area contributed by atoms with Crippen LogP contribution in [0.25, 0.3) is 0 Å². The van der Waals surface area contributed by atoms with E-state index in [0.29, 0.717) is 19.6 Å². The van der Waals surface area contributed by atoms with Crippen LogP contribution in [0.15, 0.2) is 0 Å². The Labute approximate surface area is 173 Å². The van der Waals surface area contributed by atoms with Gasteiger partial charge in [-0.25, -0.2) is 0 Å². The van der Waals surface area contributed by atoms with Crippen molar-refractivity contribution in [2.45, 2.75) is 96.8 Å². The van der Waals surface area contributed by atoms with Crippen molar-refractivity contribution in [3.8, 4) is 0 Å². The Morgan fingerprint density at radius 1 is 0.643 bits per heavy atom. The third kappa shape index (κ3) is 27.5. The molecule has 0 saturated carbocycles. The molecule has 0 radical (unpaired) electrons. The molecule has 0 heterocycles. The van der Waals surface area contributed by atoms with E-state index in [1.807, 2.05) is 0 Å². The molecule has 0 atom stereocenters. The van der Waals surface area contributed by atoms with Crippen LogP contribution in [-0.4, -0.2) is 60.7 Å². The molecule has 0 saturated heterocycles. The number of quaternary nitrogens is 1. The number of carbonyl (C=O) groups excluding carboxylic acids is 1. The van der Waals surface area contributed by atoms with Crippen LogP contribution in [0, 0.1) is 0 Å². The Kier molecular flexibility index (Phi) is 27.7. The van der Waals surface area contributed by atoms with E-state index in [2.05, 4.69) is 6.92 Å². The first-order valence-electron chi connectivity index (χ1n) is 11.5. The van der Waals surface area contributed by atoms with Crippen LogP contribution < -0.4 is 10.0 Å². The van der Waals surface area contributed by atoms with Gasteiger partial charge in [0.25, 0.3) is 0 Å². The summed E-state index contributed by atoms with van der Waals surface area (Å²) in [5.41, 5.74) is 0. The predicted molar refractivity (Wildman–Crippen MR) is 112 cm³/mol. The zero-order valence-corrected chi connectivity index (χ0v) is 18.3. The lowest BCUT2D eigenvalue weighted by Gasteiger charge is -2.15. The quantitative estimate of drug-likeness (QED) is 0.227. The van der Waals surface area contributed by atoms with Crippen LogP contribution in [0.1, 0.15) is 96.8 Å². The molecule has 0 bridgehead atoms. The SMILES string of the molecule is CCCCCCCCCCCCCCCC(=O)[O-].OCC[NH+](CCO)CCO. The minimum atomic E-state index is -0.905. The molecule has 0 rings (SSSR count). The third-order valence-electron chi connectivity index (χ3n) is 4.88. The summed E-state index contributed by atoms with van der Waals surface area (Å²) in [4.78, 5) is 11.2. The lowest BCUT2D eigenvalue weighted by molar-refractivity contribution is -0.901. The molecular formula is C22H47NO5. The Hall–Kier alpha value is -0.690. The first-order chi connectivity index (χ1) is 13.6. The molecule has 0 aromatic carbocycles. The van der Waals surface area contributed by atoms with Crippen LogP contribution in [0.4, 0.5) is 0 Å². The number of carbonyl (C=O) groups is 1. The number of hydrogen-bond donors (Lipinski definition) is 4. The largest absolute Gasteiger partial charge is 0.550 e. The second-order valence-electron chi connectivity index (χ2n) is 7.54. The molecule has 0 aliphatic carbocycles. The molecule has 0 aliphatic heterocycles. The number of carboxylic acids is 1. The lowest BCUT2D eigenvalue weighted by atomic mass is 10.0. The summed E-state index contributed by atoms with van der Waals surface area (Å²) in [7, 11) is 0. The van der Waals surface area contributed by atoms with Gasteiger partial charge in [-0.2, -0.15) is 0 Å². The molecule has 0 unspecified atom stereocenters. The third-order valence-corrected chi connectivity index (χ3v) is 4.88. The molecule has 0 amide bonds. The van der Waals surface area contributed by atoms with Gasteiger partial charge in [-0.05, 0) is 12.8 Å². The fourth-order valence-corrected chi connectivity index (χ4v) is 3.14. The topological polar surface area (TPSA) is 105 Å². The van der Waals surface area contributed by atoms with Crippen molar-refractivity contribution in [3.05, 3.63) is 0 Å². The van der Waals surface area contributed by atoms with Crippen molar-refractivity contribution in [1.29, 1.82) is 0 Å². The smallest absolute Gasteiger partial charge is 0.101 e.